The van der Waals surface area contributed by atoms with Crippen molar-refractivity contribution in [1.29, 1.82) is 0 Å². The maximum absolute atomic E-state index is 12.4. The van der Waals surface area contributed by atoms with Gasteiger partial charge in [0.1, 0.15) is 12.4 Å². The van der Waals surface area contributed by atoms with E-state index in [4.69, 9.17) is 14.6 Å². The van der Waals surface area contributed by atoms with E-state index in [1.165, 1.54) is 24.3 Å². The van der Waals surface area contributed by atoms with Crippen molar-refractivity contribution in [2.45, 2.75) is 17.4 Å². The van der Waals surface area contributed by atoms with Crippen molar-refractivity contribution in [1.82, 2.24) is 4.31 Å². The molecule has 7 nitrogen and oxygen atoms in total. The van der Waals surface area contributed by atoms with Crippen LogP contribution in [0.25, 0.3) is 0 Å². The van der Waals surface area contributed by atoms with Gasteiger partial charge in [0.05, 0.1) is 18.0 Å². The van der Waals surface area contributed by atoms with Gasteiger partial charge in [-0.15, -0.1) is 0 Å². The molecule has 1 aromatic carbocycles. The van der Waals surface area contributed by atoms with Gasteiger partial charge in [-0.1, -0.05) is 0 Å². The van der Waals surface area contributed by atoms with Crippen LogP contribution in [0.5, 0.6) is 5.75 Å². The second-order valence-electron chi connectivity index (χ2n) is 4.73. The Kier molecular flexibility index (Phi) is 5.50. The van der Waals surface area contributed by atoms with Crippen molar-refractivity contribution in [2.75, 3.05) is 26.3 Å². The number of morpholine rings is 1. The van der Waals surface area contributed by atoms with Gasteiger partial charge in [0.15, 0.2) is 6.10 Å². The van der Waals surface area contributed by atoms with E-state index in [1.54, 1.807) is 0 Å². The monoisotopic (exact) mass is 351 g/mol. The van der Waals surface area contributed by atoms with Gasteiger partial charge >= 0.3 is 5.97 Å². The molecule has 1 unspecified atom stereocenters. The highest BCUT2D eigenvalue weighted by molar-refractivity contribution is 7.89. The van der Waals surface area contributed by atoms with Gasteiger partial charge in [-0.25, -0.2) is 22.0 Å². The van der Waals surface area contributed by atoms with Crippen molar-refractivity contribution in [2.24, 2.45) is 0 Å². The van der Waals surface area contributed by atoms with Crippen LogP contribution in [0.15, 0.2) is 29.2 Å². The Balaban J connectivity index is 2.11. The van der Waals surface area contributed by atoms with Gasteiger partial charge in [-0.3, -0.25) is 0 Å². The number of carboxylic acid groups (broad SMARTS) is 1. The maximum atomic E-state index is 12.4. The van der Waals surface area contributed by atoms with Crippen molar-refractivity contribution >= 4 is 16.0 Å². The number of hydrogen-bond donors (Lipinski definition) is 1. The van der Waals surface area contributed by atoms with Gasteiger partial charge in [0.2, 0.25) is 10.0 Å². The lowest BCUT2D eigenvalue weighted by Gasteiger charge is -2.30. The number of hydrogen-bond acceptors (Lipinski definition) is 5. The van der Waals surface area contributed by atoms with Crippen LogP contribution in [0.1, 0.15) is 0 Å². The van der Waals surface area contributed by atoms with Crippen molar-refractivity contribution in [3.8, 4) is 5.75 Å². The molecule has 0 saturated carbocycles. The van der Waals surface area contributed by atoms with Crippen LogP contribution >= 0.6 is 0 Å². The van der Waals surface area contributed by atoms with E-state index < -0.39 is 35.1 Å². The summed E-state index contributed by atoms with van der Waals surface area (Å²) in [6.07, 6.45) is -3.84. The van der Waals surface area contributed by atoms with Crippen molar-refractivity contribution < 1.29 is 36.6 Å². The first-order chi connectivity index (χ1) is 10.8. The average molecular weight is 351 g/mol. The summed E-state index contributed by atoms with van der Waals surface area (Å²) in [5.41, 5.74) is 0. The van der Waals surface area contributed by atoms with Gasteiger partial charge in [0, 0.05) is 6.54 Å². The molecular weight excluding hydrogens is 336 g/mol. The molecule has 2 rings (SSSR count). The van der Waals surface area contributed by atoms with E-state index in [2.05, 4.69) is 0 Å². The maximum Gasteiger partial charge on any atom is 0.334 e. The third-order valence-corrected chi connectivity index (χ3v) is 5.02. The number of nitrogens with zero attached hydrogens (tertiary/aromatic N) is 1. The molecule has 1 aliphatic rings. The Morgan fingerprint density at radius 3 is 2.61 bits per heavy atom. The standard InChI is InChI=1S/C13H15F2NO6S/c14-12(15)8-22-9-1-3-10(4-2-9)23(19,20)16-5-6-21-11(7-16)13(17)18/h1-4,11-12H,5-8H2,(H,17,18). The van der Waals surface area contributed by atoms with Crippen LogP contribution in [0.2, 0.25) is 0 Å². The van der Waals surface area contributed by atoms with Crippen molar-refractivity contribution in [3.63, 3.8) is 0 Å². The fraction of sp³-hybridized carbons (Fsp3) is 0.462. The first-order valence-corrected chi connectivity index (χ1v) is 8.10. The van der Waals surface area contributed by atoms with Crippen LogP contribution < -0.4 is 4.74 Å². The number of halogens is 2. The zero-order chi connectivity index (χ0) is 17.0. The second kappa shape index (κ2) is 7.20. The topological polar surface area (TPSA) is 93.1 Å². The molecule has 0 aromatic heterocycles. The summed E-state index contributed by atoms with van der Waals surface area (Å²) in [4.78, 5) is 10.8. The van der Waals surface area contributed by atoms with E-state index in [0.29, 0.717) is 0 Å². The Bertz CT molecular complexity index is 649. The number of aliphatic carboxylic acids is 1. The quantitative estimate of drug-likeness (QED) is 0.815. The first kappa shape index (κ1) is 17.6. The molecule has 1 N–H and O–H groups in total. The molecule has 23 heavy (non-hydrogen) atoms. The number of alkyl halides is 2. The lowest BCUT2D eigenvalue weighted by Crippen LogP contribution is -2.48. The molecule has 0 amide bonds. The normalized spacial score (nSPS) is 19.7. The minimum atomic E-state index is -3.89. The zero-order valence-corrected chi connectivity index (χ0v) is 12.7. The number of carboxylic acids is 1. The van der Waals surface area contributed by atoms with Crippen LogP contribution in [0.3, 0.4) is 0 Å². The van der Waals surface area contributed by atoms with Gasteiger partial charge in [-0.05, 0) is 24.3 Å². The third-order valence-electron chi connectivity index (χ3n) is 3.14. The Labute approximate surface area is 131 Å². The molecule has 1 fully saturated rings. The summed E-state index contributed by atoms with van der Waals surface area (Å²) in [5.74, 6) is -1.12. The fourth-order valence-electron chi connectivity index (χ4n) is 2.01. The van der Waals surface area contributed by atoms with E-state index >= 15 is 0 Å². The number of rotatable bonds is 6. The first-order valence-electron chi connectivity index (χ1n) is 6.66. The van der Waals surface area contributed by atoms with Crippen LogP contribution in [-0.4, -0.2) is 62.6 Å². The molecule has 0 bridgehead atoms. The Morgan fingerprint density at radius 2 is 2.04 bits per heavy atom. The third kappa shape index (κ3) is 4.36. The minimum absolute atomic E-state index is 0.0220. The number of ether oxygens (including phenoxy) is 2. The molecule has 1 aliphatic heterocycles. The summed E-state index contributed by atoms with van der Waals surface area (Å²) in [7, 11) is -3.89. The molecule has 1 aromatic rings. The Morgan fingerprint density at radius 1 is 1.39 bits per heavy atom. The molecule has 0 aliphatic carbocycles. The number of sulfonamides is 1. The molecule has 0 spiro atoms. The molecule has 0 radical (unpaired) electrons. The minimum Gasteiger partial charge on any atom is -0.488 e. The van der Waals surface area contributed by atoms with Gasteiger partial charge < -0.3 is 14.6 Å². The Hall–Kier alpha value is -1.78. The largest absolute Gasteiger partial charge is 0.488 e. The summed E-state index contributed by atoms with van der Waals surface area (Å²) >= 11 is 0. The predicted molar refractivity (Wildman–Crippen MR) is 74.1 cm³/mol. The van der Waals surface area contributed by atoms with Crippen LogP contribution in [0, 0.1) is 0 Å². The van der Waals surface area contributed by atoms with Gasteiger partial charge in [0.25, 0.3) is 6.43 Å². The molecule has 1 saturated heterocycles. The lowest BCUT2D eigenvalue weighted by molar-refractivity contribution is -0.153. The summed E-state index contributed by atoms with van der Waals surface area (Å²) in [5, 5.41) is 8.91. The number of carbonyl (C=O) groups is 1. The highest BCUT2D eigenvalue weighted by Crippen LogP contribution is 2.22. The molecule has 1 heterocycles. The van der Waals surface area contributed by atoms with Crippen molar-refractivity contribution in [3.05, 3.63) is 24.3 Å². The molecule has 1 atom stereocenters. The van der Waals surface area contributed by atoms with E-state index in [0.717, 1.165) is 4.31 Å². The highest BCUT2D eigenvalue weighted by Gasteiger charge is 2.33. The van der Waals surface area contributed by atoms with Crippen LogP contribution in [-0.2, 0) is 19.6 Å². The van der Waals surface area contributed by atoms with E-state index in [-0.39, 0.29) is 30.3 Å². The molecule has 10 heteroatoms. The summed E-state index contributed by atoms with van der Waals surface area (Å²) < 4.78 is 59.8. The SMILES string of the molecule is O=C(O)C1CN(S(=O)(=O)c2ccc(OCC(F)F)cc2)CCO1. The number of benzene rings is 1. The average Bonchev–Trinajstić information content (AvgIpc) is 2.53. The fourth-order valence-corrected chi connectivity index (χ4v) is 3.43. The summed E-state index contributed by atoms with van der Waals surface area (Å²) in [6.45, 7) is -1.06. The predicted octanol–water partition coefficient (Wildman–Crippen LogP) is 0.805. The zero-order valence-electron chi connectivity index (χ0n) is 11.9. The molecular formula is C13H15F2NO6S. The van der Waals surface area contributed by atoms with E-state index in [9.17, 15) is 22.0 Å². The van der Waals surface area contributed by atoms with Gasteiger partial charge in [-0.2, -0.15) is 4.31 Å². The second-order valence-corrected chi connectivity index (χ2v) is 6.67. The smallest absolute Gasteiger partial charge is 0.334 e. The molecule has 128 valence electrons. The lowest BCUT2D eigenvalue weighted by atomic mass is 10.3. The van der Waals surface area contributed by atoms with E-state index in [1.807, 2.05) is 0 Å². The van der Waals surface area contributed by atoms with Crippen LogP contribution in [0.4, 0.5) is 8.78 Å². The highest BCUT2D eigenvalue weighted by atomic mass is 32.2. The summed E-state index contributed by atoms with van der Waals surface area (Å²) in [6, 6.07) is 4.98.